The lowest BCUT2D eigenvalue weighted by molar-refractivity contribution is -0.138. The maximum atomic E-state index is 13.2. The molecule has 8 heteroatoms. The monoisotopic (exact) mass is 435 g/mol. The predicted molar refractivity (Wildman–Crippen MR) is 119 cm³/mol. The zero-order valence-corrected chi connectivity index (χ0v) is 17.0. The minimum atomic E-state index is -1.14. The summed E-state index contributed by atoms with van der Waals surface area (Å²) < 4.78 is 5.38. The van der Waals surface area contributed by atoms with E-state index < -0.39 is 23.9 Å². The van der Waals surface area contributed by atoms with E-state index in [0.717, 1.165) is 0 Å². The van der Waals surface area contributed by atoms with Gasteiger partial charge in [0.15, 0.2) is 5.75 Å². The number of fused-ring (bicyclic) bond motifs is 1. The van der Waals surface area contributed by atoms with Crippen LogP contribution >= 0.6 is 11.6 Å². The Kier molecular flexibility index (Phi) is 5.86. The molecule has 0 saturated heterocycles. The summed E-state index contributed by atoms with van der Waals surface area (Å²) in [4.78, 5) is 39.7. The number of anilines is 3. The number of nitrogens with one attached hydrogen (secondary N) is 2. The van der Waals surface area contributed by atoms with Crippen LogP contribution in [-0.4, -0.2) is 23.9 Å². The first-order chi connectivity index (χ1) is 15.0. The molecule has 1 aliphatic heterocycles. The normalized spacial score (nSPS) is 14.9. The van der Waals surface area contributed by atoms with Crippen molar-refractivity contribution in [3.63, 3.8) is 0 Å². The zero-order valence-electron chi connectivity index (χ0n) is 16.2. The first-order valence-corrected chi connectivity index (χ1v) is 9.90. The number of esters is 1. The molecule has 1 heterocycles. The standard InChI is InChI=1S/C23H18ClN3O4/c24-15-7-6-10-17(13-15)26-23(30)27-18-11-4-5-12-20(18)31-22(29)19(27)14-21(28)25-16-8-2-1-3-9-16/h1-13,19H,14H2,(H,25,28)(H,26,30)/t19-/m1/s1. The van der Waals surface area contributed by atoms with Gasteiger partial charge in [0.1, 0.15) is 6.04 Å². The van der Waals surface area contributed by atoms with Crippen molar-refractivity contribution in [2.75, 3.05) is 15.5 Å². The van der Waals surface area contributed by atoms with Crippen LogP contribution in [0.15, 0.2) is 78.9 Å². The van der Waals surface area contributed by atoms with Crippen LogP contribution < -0.4 is 20.3 Å². The summed E-state index contributed by atoms with van der Waals surface area (Å²) in [7, 11) is 0. The molecule has 0 fully saturated rings. The van der Waals surface area contributed by atoms with E-state index in [4.69, 9.17) is 16.3 Å². The van der Waals surface area contributed by atoms with Crippen LogP contribution in [-0.2, 0) is 9.59 Å². The van der Waals surface area contributed by atoms with Gasteiger partial charge in [0, 0.05) is 16.4 Å². The second-order valence-corrected chi connectivity index (χ2v) is 7.27. The number of ether oxygens (including phenoxy) is 1. The fourth-order valence-electron chi connectivity index (χ4n) is 3.28. The van der Waals surface area contributed by atoms with Crippen molar-refractivity contribution < 1.29 is 19.1 Å². The molecule has 0 bridgehead atoms. The van der Waals surface area contributed by atoms with Crippen LogP contribution in [0.2, 0.25) is 5.02 Å². The number of benzene rings is 3. The third kappa shape index (κ3) is 4.67. The largest absolute Gasteiger partial charge is 0.423 e. The number of carbonyl (C=O) groups excluding carboxylic acids is 3. The quantitative estimate of drug-likeness (QED) is 0.459. The third-order valence-corrected chi connectivity index (χ3v) is 4.89. The Morgan fingerprint density at radius 1 is 0.903 bits per heavy atom. The van der Waals surface area contributed by atoms with Crippen molar-refractivity contribution in [2.45, 2.75) is 12.5 Å². The van der Waals surface area contributed by atoms with Crippen molar-refractivity contribution in [3.05, 3.63) is 83.9 Å². The average molecular weight is 436 g/mol. The highest BCUT2D eigenvalue weighted by Crippen LogP contribution is 2.35. The molecule has 0 aromatic heterocycles. The summed E-state index contributed by atoms with van der Waals surface area (Å²) in [6, 6.07) is 20.4. The molecule has 0 unspecified atom stereocenters. The summed E-state index contributed by atoms with van der Waals surface area (Å²) in [6.07, 6.45) is -0.273. The molecular formula is C23H18ClN3O4. The Labute approximate surface area is 183 Å². The van der Waals surface area contributed by atoms with E-state index in [2.05, 4.69) is 10.6 Å². The second-order valence-electron chi connectivity index (χ2n) is 6.83. The van der Waals surface area contributed by atoms with Crippen LogP contribution in [0.25, 0.3) is 0 Å². The summed E-state index contributed by atoms with van der Waals surface area (Å²) in [5.74, 6) is -0.871. The minimum absolute atomic E-state index is 0.244. The lowest BCUT2D eigenvalue weighted by Crippen LogP contribution is -2.53. The summed E-state index contributed by atoms with van der Waals surface area (Å²) >= 11 is 6.00. The molecule has 3 amide bonds. The van der Waals surface area contributed by atoms with E-state index in [0.29, 0.717) is 22.1 Å². The number of nitrogens with zero attached hydrogens (tertiary/aromatic N) is 1. The first kappa shape index (κ1) is 20.4. The maximum absolute atomic E-state index is 13.2. The molecule has 0 radical (unpaired) electrons. The summed E-state index contributed by atoms with van der Waals surface area (Å²) in [5, 5.41) is 5.91. The van der Waals surface area contributed by atoms with Gasteiger partial charge in [-0.25, -0.2) is 9.59 Å². The maximum Gasteiger partial charge on any atom is 0.335 e. The van der Waals surface area contributed by atoms with E-state index in [1.165, 1.54) is 4.90 Å². The molecule has 4 rings (SSSR count). The van der Waals surface area contributed by atoms with Crippen molar-refractivity contribution >= 4 is 46.6 Å². The molecule has 31 heavy (non-hydrogen) atoms. The number of amides is 3. The van der Waals surface area contributed by atoms with Gasteiger partial charge in [-0.15, -0.1) is 0 Å². The van der Waals surface area contributed by atoms with Gasteiger partial charge in [-0.1, -0.05) is 48.0 Å². The highest BCUT2D eigenvalue weighted by Gasteiger charge is 2.40. The molecular weight excluding hydrogens is 418 g/mol. The van der Waals surface area contributed by atoms with Crippen molar-refractivity contribution in [3.8, 4) is 5.75 Å². The Bertz CT molecular complexity index is 1140. The fraction of sp³-hybridized carbons (Fsp3) is 0.0870. The number of urea groups is 1. The zero-order chi connectivity index (χ0) is 21.8. The predicted octanol–water partition coefficient (Wildman–Crippen LogP) is 4.69. The molecule has 1 atom stereocenters. The lowest BCUT2D eigenvalue weighted by Gasteiger charge is -2.34. The van der Waals surface area contributed by atoms with Crippen molar-refractivity contribution in [1.29, 1.82) is 0 Å². The molecule has 0 spiro atoms. The van der Waals surface area contributed by atoms with E-state index in [-0.39, 0.29) is 12.2 Å². The van der Waals surface area contributed by atoms with Crippen LogP contribution in [0.5, 0.6) is 5.75 Å². The highest BCUT2D eigenvalue weighted by molar-refractivity contribution is 6.31. The van der Waals surface area contributed by atoms with Crippen molar-refractivity contribution in [1.82, 2.24) is 0 Å². The van der Waals surface area contributed by atoms with Gasteiger partial charge >= 0.3 is 12.0 Å². The molecule has 7 nitrogen and oxygen atoms in total. The minimum Gasteiger partial charge on any atom is -0.423 e. The van der Waals surface area contributed by atoms with E-state index in [1.807, 2.05) is 6.07 Å². The van der Waals surface area contributed by atoms with Crippen LogP contribution in [0.4, 0.5) is 21.9 Å². The summed E-state index contributed by atoms with van der Waals surface area (Å²) in [5.41, 5.74) is 1.44. The number of para-hydroxylation sites is 3. The van der Waals surface area contributed by atoms with Gasteiger partial charge < -0.3 is 15.4 Å². The number of hydrogen-bond donors (Lipinski definition) is 2. The SMILES string of the molecule is O=C(C[C@@H]1C(=O)Oc2ccccc2N1C(=O)Nc1cccc(Cl)c1)Nc1ccccc1. The second kappa shape index (κ2) is 8.89. The van der Waals surface area contributed by atoms with Gasteiger partial charge in [-0.3, -0.25) is 9.69 Å². The van der Waals surface area contributed by atoms with Gasteiger partial charge in [0.25, 0.3) is 0 Å². The van der Waals surface area contributed by atoms with Crippen LogP contribution in [0.1, 0.15) is 6.42 Å². The Hall–Kier alpha value is -3.84. The molecule has 156 valence electrons. The highest BCUT2D eigenvalue weighted by atomic mass is 35.5. The number of halogens is 1. The Morgan fingerprint density at radius 2 is 1.61 bits per heavy atom. The molecule has 3 aromatic carbocycles. The van der Waals surface area contributed by atoms with Gasteiger partial charge in [-0.05, 0) is 42.5 Å². The molecule has 1 aliphatic rings. The number of carbonyl (C=O) groups is 3. The van der Waals surface area contributed by atoms with E-state index in [9.17, 15) is 14.4 Å². The number of hydrogen-bond acceptors (Lipinski definition) is 4. The van der Waals surface area contributed by atoms with Crippen LogP contribution in [0, 0.1) is 0 Å². The summed E-state index contributed by atoms with van der Waals surface area (Å²) in [6.45, 7) is 0. The molecule has 0 aliphatic carbocycles. The molecule has 0 saturated carbocycles. The smallest absolute Gasteiger partial charge is 0.335 e. The van der Waals surface area contributed by atoms with Gasteiger partial charge in [-0.2, -0.15) is 0 Å². The van der Waals surface area contributed by atoms with E-state index >= 15 is 0 Å². The first-order valence-electron chi connectivity index (χ1n) is 9.52. The topological polar surface area (TPSA) is 87.7 Å². The Balaban J connectivity index is 1.61. The fourth-order valence-corrected chi connectivity index (χ4v) is 3.47. The molecule has 2 N–H and O–H groups in total. The third-order valence-electron chi connectivity index (χ3n) is 4.65. The van der Waals surface area contributed by atoms with Gasteiger partial charge in [0.05, 0.1) is 12.1 Å². The average Bonchev–Trinajstić information content (AvgIpc) is 2.75. The number of rotatable bonds is 4. The molecule has 3 aromatic rings. The van der Waals surface area contributed by atoms with E-state index in [1.54, 1.807) is 72.8 Å². The van der Waals surface area contributed by atoms with Crippen molar-refractivity contribution in [2.24, 2.45) is 0 Å². The van der Waals surface area contributed by atoms with Crippen LogP contribution in [0.3, 0.4) is 0 Å². The lowest BCUT2D eigenvalue weighted by atomic mass is 10.1. The van der Waals surface area contributed by atoms with Gasteiger partial charge in [0.2, 0.25) is 5.91 Å². The Morgan fingerprint density at radius 3 is 2.39 bits per heavy atom.